The highest BCUT2D eigenvalue weighted by atomic mass is 32.2. The van der Waals surface area contributed by atoms with Gasteiger partial charge in [0.25, 0.3) is 5.91 Å². The Morgan fingerprint density at radius 1 is 1.09 bits per heavy atom. The fraction of sp³-hybridized carbons (Fsp3) is 0.304. The highest BCUT2D eigenvalue weighted by Gasteiger charge is 2.23. The number of amides is 1. The third-order valence-corrected chi connectivity index (χ3v) is 8.46. The Labute approximate surface area is 204 Å². The van der Waals surface area contributed by atoms with Crippen molar-refractivity contribution in [2.75, 3.05) is 26.2 Å². The van der Waals surface area contributed by atoms with Gasteiger partial charge in [-0.15, -0.1) is 22.7 Å². The predicted octanol–water partition coefficient (Wildman–Crippen LogP) is 4.81. The zero-order valence-corrected chi connectivity index (χ0v) is 20.6. The van der Waals surface area contributed by atoms with Crippen LogP contribution in [0, 0.1) is 6.92 Å². The Morgan fingerprint density at radius 3 is 2.61 bits per heavy atom. The number of nitrogens with zero attached hydrogens (tertiary/aromatic N) is 5. The summed E-state index contributed by atoms with van der Waals surface area (Å²) in [5.41, 5.74) is 2.99. The molecule has 5 rings (SSSR count). The molecule has 10 heteroatoms. The summed E-state index contributed by atoms with van der Waals surface area (Å²) in [6, 6.07) is 11.9. The first kappa shape index (κ1) is 22.3. The van der Waals surface area contributed by atoms with Crippen molar-refractivity contribution in [3.8, 4) is 10.7 Å². The van der Waals surface area contributed by atoms with Crippen LogP contribution in [-0.2, 0) is 12.3 Å². The van der Waals surface area contributed by atoms with Gasteiger partial charge in [0.2, 0.25) is 11.7 Å². The van der Waals surface area contributed by atoms with Crippen LogP contribution >= 0.6 is 34.4 Å². The van der Waals surface area contributed by atoms with E-state index in [1.54, 1.807) is 34.4 Å². The van der Waals surface area contributed by atoms with Gasteiger partial charge in [-0.2, -0.15) is 4.98 Å². The molecule has 1 saturated heterocycles. The topological polar surface area (TPSA) is 75.4 Å². The van der Waals surface area contributed by atoms with E-state index in [2.05, 4.69) is 25.4 Å². The molecule has 33 heavy (non-hydrogen) atoms. The van der Waals surface area contributed by atoms with Crippen LogP contribution in [0.5, 0.6) is 0 Å². The smallest absolute Gasteiger partial charge is 0.253 e. The predicted molar refractivity (Wildman–Crippen MR) is 132 cm³/mol. The van der Waals surface area contributed by atoms with E-state index in [0.29, 0.717) is 31.3 Å². The van der Waals surface area contributed by atoms with Gasteiger partial charge in [0.1, 0.15) is 4.34 Å². The van der Waals surface area contributed by atoms with Crippen LogP contribution in [0.2, 0.25) is 0 Å². The SMILES string of the molecule is Cc1csc(SCc2ccc(C(=O)N3CCN(Cc4nc(-c5cccs5)no4)CC3)cc2)n1. The number of rotatable bonds is 7. The summed E-state index contributed by atoms with van der Waals surface area (Å²) in [7, 11) is 0. The number of carbonyl (C=O) groups is 1. The number of thiophene rings is 1. The Balaban J connectivity index is 1.10. The molecule has 0 spiro atoms. The fourth-order valence-electron chi connectivity index (χ4n) is 3.60. The quantitative estimate of drug-likeness (QED) is 0.339. The summed E-state index contributed by atoms with van der Waals surface area (Å²) in [5.74, 6) is 2.18. The van der Waals surface area contributed by atoms with Gasteiger partial charge in [0.15, 0.2) is 0 Å². The molecule has 1 aliphatic heterocycles. The molecule has 7 nitrogen and oxygen atoms in total. The van der Waals surface area contributed by atoms with E-state index >= 15 is 0 Å². The lowest BCUT2D eigenvalue weighted by molar-refractivity contribution is 0.0615. The highest BCUT2D eigenvalue weighted by molar-refractivity contribution is 8.00. The molecule has 0 bridgehead atoms. The molecule has 1 aliphatic rings. The van der Waals surface area contributed by atoms with Crippen molar-refractivity contribution in [2.24, 2.45) is 0 Å². The zero-order chi connectivity index (χ0) is 22.6. The number of aromatic nitrogens is 3. The second kappa shape index (κ2) is 10.2. The van der Waals surface area contributed by atoms with Crippen molar-refractivity contribution in [3.05, 3.63) is 69.9 Å². The van der Waals surface area contributed by atoms with Crippen LogP contribution in [0.1, 0.15) is 27.5 Å². The number of thioether (sulfide) groups is 1. The van der Waals surface area contributed by atoms with Crippen molar-refractivity contribution < 1.29 is 9.32 Å². The maximum absolute atomic E-state index is 12.9. The minimum atomic E-state index is 0.0853. The molecular weight excluding hydrogens is 474 g/mol. The third kappa shape index (κ3) is 5.52. The first-order valence-corrected chi connectivity index (χ1v) is 13.4. The number of benzene rings is 1. The van der Waals surface area contributed by atoms with Crippen LogP contribution in [0.3, 0.4) is 0 Å². The maximum Gasteiger partial charge on any atom is 0.253 e. The summed E-state index contributed by atoms with van der Waals surface area (Å²) in [6.07, 6.45) is 0. The lowest BCUT2D eigenvalue weighted by Gasteiger charge is -2.34. The van der Waals surface area contributed by atoms with Gasteiger partial charge >= 0.3 is 0 Å². The van der Waals surface area contributed by atoms with Gasteiger partial charge in [0, 0.05) is 48.6 Å². The summed E-state index contributed by atoms with van der Waals surface area (Å²) < 4.78 is 6.49. The van der Waals surface area contributed by atoms with Crippen molar-refractivity contribution >= 4 is 40.3 Å². The molecule has 3 aromatic heterocycles. The van der Waals surface area contributed by atoms with E-state index in [1.165, 1.54) is 5.56 Å². The van der Waals surface area contributed by atoms with Gasteiger partial charge in [0.05, 0.1) is 11.4 Å². The monoisotopic (exact) mass is 497 g/mol. The fourth-order valence-corrected chi connectivity index (χ4v) is 6.05. The van der Waals surface area contributed by atoms with Crippen molar-refractivity contribution in [3.63, 3.8) is 0 Å². The molecule has 0 atom stereocenters. The van der Waals surface area contributed by atoms with E-state index in [0.717, 1.165) is 39.3 Å². The molecule has 0 saturated carbocycles. The minimum absolute atomic E-state index is 0.0853. The number of piperazine rings is 1. The van der Waals surface area contributed by atoms with Gasteiger partial charge in [-0.1, -0.05) is 35.1 Å². The Kier molecular flexibility index (Phi) is 6.86. The first-order valence-electron chi connectivity index (χ1n) is 10.7. The molecule has 0 radical (unpaired) electrons. The third-order valence-electron chi connectivity index (χ3n) is 5.39. The van der Waals surface area contributed by atoms with Gasteiger partial charge in [-0.3, -0.25) is 9.69 Å². The molecule has 4 heterocycles. The molecule has 0 unspecified atom stereocenters. The molecule has 4 aromatic rings. The van der Waals surface area contributed by atoms with Crippen molar-refractivity contribution in [2.45, 2.75) is 23.6 Å². The molecular formula is C23H23N5O2S3. The zero-order valence-electron chi connectivity index (χ0n) is 18.1. The van der Waals surface area contributed by atoms with Crippen molar-refractivity contribution in [1.29, 1.82) is 0 Å². The minimum Gasteiger partial charge on any atom is -0.338 e. The van der Waals surface area contributed by atoms with Gasteiger partial charge < -0.3 is 9.42 Å². The van der Waals surface area contributed by atoms with Crippen LogP contribution in [-0.4, -0.2) is 57.0 Å². The van der Waals surface area contributed by atoms with E-state index in [9.17, 15) is 4.79 Å². The number of hydrogen-bond donors (Lipinski definition) is 0. The molecule has 170 valence electrons. The summed E-state index contributed by atoms with van der Waals surface area (Å²) in [4.78, 5) is 27.1. The average molecular weight is 498 g/mol. The number of hydrogen-bond acceptors (Lipinski definition) is 9. The van der Waals surface area contributed by atoms with E-state index in [4.69, 9.17) is 4.52 Å². The Hall–Kier alpha value is -2.53. The lowest BCUT2D eigenvalue weighted by Crippen LogP contribution is -2.48. The number of thiazole rings is 1. The molecule has 0 aliphatic carbocycles. The van der Waals surface area contributed by atoms with Crippen LogP contribution in [0.4, 0.5) is 0 Å². The second-order valence-corrected chi connectivity index (χ2v) is 10.8. The van der Waals surface area contributed by atoms with Crippen molar-refractivity contribution in [1.82, 2.24) is 24.9 Å². The first-order chi connectivity index (χ1) is 16.1. The normalized spacial score (nSPS) is 14.6. The lowest BCUT2D eigenvalue weighted by atomic mass is 10.1. The molecule has 1 aromatic carbocycles. The maximum atomic E-state index is 12.9. The van der Waals surface area contributed by atoms with Crippen LogP contribution < -0.4 is 0 Å². The van der Waals surface area contributed by atoms with Crippen LogP contribution in [0.25, 0.3) is 10.7 Å². The summed E-state index contributed by atoms with van der Waals surface area (Å²) in [6.45, 7) is 5.55. The average Bonchev–Trinajstić information content (AvgIpc) is 3.60. The van der Waals surface area contributed by atoms with Crippen LogP contribution in [0.15, 0.2) is 56.0 Å². The van der Waals surface area contributed by atoms with Gasteiger partial charge in [-0.05, 0) is 36.1 Å². The largest absolute Gasteiger partial charge is 0.338 e. The molecule has 1 fully saturated rings. The van der Waals surface area contributed by atoms with E-state index < -0.39 is 0 Å². The molecule has 0 N–H and O–H groups in total. The Bertz CT molecular complexity index is 1200. The second-order valence-electron chi connectivity index (χ2n) is 7.80. The highest BCUT2D eigenvalue weighted by Crippen LogP contribution is 2.26. The van der Waals surface area contributed by atoms with E-state index in [-0.39, 0.29) is 5.91 Å². The standard InChI is InChI=1S/C23H23N5O2S3/c1-16-14-32-23(24-16)33-15-17-4-6-18(7-5-17)22(29)28-10-8-27(9-11-28)13-20-25-21(26-30-20)19-3-2-12-31-19/h2-7,12,14H,8-11,13,15H2,1H3. The molecule has 1 amide bonds. The van der Waals surface area contributed by atoms with Gasteiger partial charge in [-0.25, -0.2) is 4.98 Å². The number of aryl methyl sites for hydroxylation is 1. The summed E-state index contributed by atoms with van der Waals surface area (Å²) >= 11 is 4.99. The summed E-state index contributed by atoms with van der Waals surface area (Å²) in [5, 5.41) is 8.14. The number of carbonyl (C=O) groups excluding carboxylic acids is 1. The Morgan fingerprint density at radius 2 is 1.91 bits per heavy atom. The van der Waals surface area contributed by atoms with E-state index in [1.807, 2.05) is 53.6 Å².